The molecule has 5 nitrogen and oxygen atoms in total. The lowest BCUT2D eigenvalue weighted by Crippen LogP contribution is -2.51. The SMILES string of the molecule is Cc1c(F)cccc1[C@@H](c1cccc(F)c1)[C@H]1[C@H]2CCCN2C(=O)c2c(C)c(=O)cnn21. The Morgan fingerprint density at radius 1 is 1.06 bits per heavy atom. The normalized spacial score (nSPS) is 20.8. The van der Waals surface area contributed by atoms with Gasteiger partial charge in [0.25, 0.3) is 5.91 Å². The number of hydrogen-bond acceptors (Lipinski definition) is 3. The quantitative estimate of drug-likeness (QED) is 0.622. The smallest absolute Gasteiger partial charge is 0.272 e. The van der Waals surface area contributed by atoms with Gasteiger partial charge in [0.05, 0.1) is 18.3 Å². The van der Waals surface area contributed by atoms with Gasteiger partial charge in [-0.1, -0.05) is 24.3 Å². The number of carbonyl (C=O) groups is 1. The molecule has 1 aromatic heterocycles. The number of benzene rings is 2. The molecule has 32 heavy (non-hydrogen) atoms. The van der Waals surface area contributed by atoms with E-state index in [-0.39, 0.29) is 34.7 Å². The molecule has 164 valence electrons. The highest BCUT2D eigenvalue weighted by molar-refractivity contribution is 5.95. The maximum atomic E-state index is 14.6. The van der Waals surface area contributed by atoms with Crippen molar-refractivity contribution in [2.24, 2.45) is 0 Å². The van der Waals surface area contributed by atoms with Crippen molar-refractivity contribution in [2.75, 3.05) is 6.54 Å². The summed E-state index contributed by atoms with van der Waals surface area (Å²) in [4.78, 5) is 27.4. The lowest BCUT2D eigenvalue weighted by Gasteiger charge is -2.43. The van der Waals surface area contributed by atoms with E-state index in [2.05, 4.69) is 5.10 Å². The van der Waals surface area contributed by atoms with Crippen LogP contribution >= 0.6 is 0 Å². The summed E-state index contributed by atoms with van der Waals surface area (Å²) in [5, 5.41) is 4.39. The van der Waals surface area contributed by atoms with Crippen molar-refractivity contribution in [3.05, 3.63) is 98.5 Å². The summed E-state index contributed by atoms with van der Waals surface area (Å²) in [6.07, 6.45) is 2.80. The molecule has 0 N–H and O–H groups in total. The predicted molar refractivity (Wildman–Crippen MR) is 116 cm³/mol. The van der Waals surface area contributed by atoms with Crippen molar-refractivity contribution < 1.29 is 13.6 Å². The van der Waals surface area contributed by atoms with Gasteiger partial charge < -0.3 is 4.90 Å². The molecule has 0 radical (unpaired) electrons. The monoisotopic (exact) mass is 435 g/mol. The molecule has 5 rings (SSSR count). The first-order valence-electron chi connectivity index (χ1n) is 10.8. The van der Waals surface area contributed by atoms with Crippen LogP contribution in [0.15, 0.2) is 53.5 Å². The van der Waals surface area contributed by atoms with Crippen molar-refractivity contribution >= 4 is 5.91 Å². The Morgan fingerprint density at radius 3 is 2.62 bits per heavy atom. The highest BCUT2D eigenvalue weighted by Gasteiger charge is 2.47. The van der Waals surface area contributed by atoms with E-state index in [1.165, 1.54) is 24.4 Å². The predicted octanol–water partition coefficient (Wildman–Crippen LogP) is 4.13. The Bertz CT molecular complexity index is 1290. The van der Waals surface area contributed by atoms with Gasteiger partial charge in [-0.25, -0.2) is 8.78 Å². The highest BCUT2D eigenvalue weighted by atomic mass is 19.1. The zero-order valence-electron chi connectivity index (χ0n) is 17.9. The van der Waals surface area contributed by atoms with E-state index in [4.69, 9.17) is 0 Å². The molecule has 3 heterocycles. The number of nitrogens with zero attached hydrogens (tertiary/aromatic N) is 3. The number of aromatic nitrogens is 2. The van der Waals surface area contributed by atoms with Crippen molar-refractivity contribution in [1.29, 1.82) is 0 Å². The van der Waals surface area contributed by atoms with E-state index in [9.17, 15) is 18.4 Å². The number of rotatable bonds is 3. The van der Waals surface area contributed by atoms with E-state index in [0.29, 0.717) is 28.8 Å². The van der Waals surface area contributed by atoms with Crippen LogP contribution in [-0.4, -0.2) is 33.2 Å². The van der Waals surface area contributed by atoms with E-state index < -0.39 is 12.0 Å². The van der Waals surface area contributed by atoms with Gasteiger partial charge in [-0.2, -0.15) is 5.10 Å². The largest absolute Gasteiger partial charge is 0.332 e. The van der Waals surface area contributed by atoms with Crippen molar-refractivity contribution in [2.45, 2.75) is 44.7 Å². The highest BCUT2D eigenvalue weighted by Crippen LogP contribution is 2.46. The third kappa shape index (κ3) is 3.06. The van der Waals surface area contributed by atoms with Gasteiger partial charge >= 0.3 is 0 Å². The van der Waals surface area contributed by atoms with Crippen LogP contribution in [0.3, 0.4) is 0 Å². The average Bonchev–Trinajstić information content (AvgIpc) is 3.26. The second-order valence-corrected chi connectivity index (χ2v) is 8.61. The summed E-state index contributed by atoms with van der Waals surface area (Å²) in [5.74, 6) is -1.40. The Balaban J connectivity index is 1.82. The van der Waals surface area contributed by atoms with E-state index in [1.807, 2.05) is 12.1 Å². The molecule has 2 aromatic carbocycles. The number of amides is 1. The zero-order chi connectivity index (χ0) is 22.6. The fraction of sp³-hybridized carbons (Fsp3) is 0.320. The third-order valence-electron chi connectivity index (χ3n) is 6.89. The maximum absolute atomic E-state index is 14.6. The molecule has 0 bridgehead atoms. The van der Waals surface area contributed by atoms with Crippen LogP contribution in [0, 0.1) is 25.5 Å². The Morgan fingerprint density at radius 2 is 1.84 bits per heavy atom. The average molecular weight is 435 g/mol. The molecule has 1 fully saturated rings. The number of fused-ring (bicyclic) bond motifs is 2. The summed E-state index contributed by atoms with van der Waals surface area (Å²) >= 11 is 0. The molecule has 3 aromatic rings. The second kappa shape index (κ2) is 7.65. The first-order valence-corrected chi connectivity index (χ1v) is 10.8. The van der Waals surface area contributed by atoms with Crippen molar-refractivity contribution in [3.63, 3.8) is 0 Å². The van der Waals surface area contributed by atoms with Crippen LogP contribution in [-0.2, 0) is 0 Å². The molecule has 2 aliphatic rings. The summed E-state index contributed by atoms with van der Waals surface area (Å²) in [6, 6.07) is 10.6. The molecule has 2 aliphatic heterocycles. The Labute approximate surface area is 184 Å². The number of carbonyl (C=O) groups excluding carboxylic acids is 1. The van der Waals surface area contributed by atoms with Gasteiger partial charge in [0.15, 0.2) is 0 Å². The molecule has 1 saturated heterocycles. The van der Waals surface area contributed by atoms with Crippen molar-refractivity contribution in [1.82, 2.24) is 14.7 Å². The Kier molecular flexibility index (Phi) is 4.92. The van der Waals surface area contributed by atoms with Crippen LogP contribution in [0.1, 0.15) is 57.5 Å². The summed E-state index contributed by atoms with van der Waals surface area (Å²) < 4.78 is 30.6. The minimum Gasteiger partial charge on any atom is -0.332 e. The van der Waals surface area contributed by atoms with Gasteiger partial charge in [0.2, 0.25) is 5.43 Å². The van der Waals surface area contributed by atoms with Crippen LogP contribution < -0.4 is 5.43 Å². The lowest BCUT2D eigenvalue weighted by atomic mass is 9.78. The molecule has 3 atom stereocenters. The zero-order valence-corrected chi connectivity index (χ0v) is 17.9. The fourth-order valence-corrected chi connectivity index (χ4v) is 5.33. The summed E-state index contributed by atoms with van der Waals surface area (Å²) in [6.45, 7) is 3.93. The molecule has 7 heteroatoms. The van der Waals surface area contributed by atoms with Gasteiger partial charge in [-0.3, -0.25) is 14.3 Å². The van der Waals surface area contributed by atoms with E-state index in [0.717, 1.165) is 12.8 Å². The van der Waals surface area contributed by atoms with Crippen LogP contribution in [0.4, 0.5) is 8.78 Å². The van der Waals surface area contributed by atoms with Gasteiger partial charge in [0.1, 0.15) is 17.3 Å². The summed E-state index contributed by atoms with van der Waals surface area (Å²) in [7, 11) is 0. The molecular weight excluding hydrogens is 412 g/mol. The van der Waals surface area contributed by atoms with Gasteiger partial charge in [0, 0.05) is 18.0 Å². The first kappa shape index (κ1) is 20.5. The molecule has 0 aliphatic carbocycles. The minimum absolute atomic E-state index is 0.194. The topological polar surface area (TPSA) is 55.2 Å². The van der Waals surface area contributed by atoms with Crippen LogP contribution in [0.5, 0.6) is 0 Å². The standard InChI is InChI=1S/C25H23F2N3O2/c1-14-18(8-4-9-19(14)27)22(16-6-3-7-17(26)12-16)24-20-10-5-11-29(20)25(32)23-15(2)21(31)13-28-30(23)24/h3-4,6-9,12-13,20,22,24H,5,10-11H2,1-2H3/t20-,22-,24-/m1/s1. The van der Waals surface area contributed by atoms with Crippen LogP contribution in [0.25, 0.3) is 0 Å². The fourth-order valence-electron chi connectivity index (χ4n) is 5.33. The molecular formula is C25H23F2N3O2. The lowest BCUT2D eigenvalue weighted by molar-refractivity contribution is 0.0570. The van der Waals surface area contributed by atoms with Gasteiger partial charge in [-0.15, -0.1) is 0 Å². The number of hydrogen-bond donors (Lipinski definition) is 0. The van der Waals surface area contributed by atoms with Gasteiger partial charge in [-0.05, 0) is 61.6 Å². The van der Waals surface area contributed by atoms with E-state index in [1.54, 1.807) is 35.6 Å². The Hall–Kier alpha value is -3.35. The molecule has 0 unspecified atom stereocenters. The second-order valence-electron chi connectivity index (χ2n) is 8.61. The molecule has 0 saturated carbocycles. The minimum atomic E-state index is -0.465. The molecule has 0 spiro atoms. The van der Waals surface area contributed by atoms with E-state index >= 15 is 0 Å². The summed E-state index contributed by atoms with van der Waals surface area (Å²) in [5.41, 5.74) is 2.16. The van der Waals surface area contributed by atoms with Crippen LogP contribution in [0.2, 0.25) is 0 Å². The van der Waals surface area contributed by atoms with Crippen molar-refractivity contribution in [3.8, 4) is 0 Å². The first-order chi connectivity index (χ1) is 15.4. The maximum Gasteiger partial charge on any atom is 0.272 e. The number of halogens is 2. The third-order valence-corrected chi connectivity index (χ3v) is 6.89. The molecule has 1 amide bonds.